The Labute approximate surface area is 124 Å². The molecule has 0 aromatic heterocycles. The molecule has 1 heterocycles. The smallest absolute Gasteiger partial charge is 0.282 e. The van der Waals surface area contributed by atoms with Gasteiger partial charge in [0, 0.05) is 25.2 Å². The average molecular weight is 306 g/mol. The molecular weight excluding hydrogens is 276 g/mol. The maximum atomic E-state index is 12.9. The Morgan fingerprint density at radius 1 is 1.35 bits per heavy atom. The number of rotatable bonds is 8. The number of hydrogen-bond acceptors (Lipinski definition) is 3. The molecule has 20 heavy (non-hydrogen) atoms. The predicted molar refractivity (Wildman–Crippen MR) is 81.7 cm³/mol. The van der Waals surface area contributed by atoms with Gasteiger partial charge in [0.1, 0.15) is 0 Å². The summed E-state index contributed by atoms with van der Waals surface area (Å²) in [5.74, 6) is 0. The molecule has 0 saturated carbocycles. The van der Waals surface area contributed by atoms with Crippen molar-refractivity contribution in [2.24, 2.45) is 0 Å². The zero-order valence-corrected chi connectivity index (χ0v) is 13.9. The van der Waals surface area contributed by atoms with Gasteiger partial charge >= 0.3 is 0 Å². The summed E-state index contributed by atoms with van der Waals surface area (Å²) in [5.41, 5.74) is 0. The maximum absolute atomic E-state index is 12.9. The molecule has 0 aromatic rings. The van der Waals surface area contributed by atoms with Crippen LogP contribution in [-0.4, -0.2) is 53.9 Å². The first kappa shape index (κ1) is 17.9. The SMILES string of the molecule is CCCCN(C(C)CC)S(=O)(=O)N1CCCCC1CO. The van der Waals surface area contributed by atoms with E-state index in [1.165, 1.54) is 4.31 Å². The highest BCUT2D eigenvalue weighted by atomic mass is 32.2. The summed E-state index contributed by atoms with van der Waals surface area (Å²) in [7, 11) is -3.46. The Hall–Kier alpha value is -0.170. The van der Waals surface area contributed by atoms with Crippen LogP contribution in [0.2, 0.25) is 0 Å². The summed E-state index contributed by atoms with van der Waals surface area (Å²) in [4.78, 5) is 0. The molecule has 0 amide bonds. The number of aliphatic hydroxyl groups is 1. The van der Waals surface area contributed by atoms with Crippen molar-refractivity contribution in [3.63, 3.8) is 0 Å². The molecule has 1 saturated heterocycles. The molecule has 2 unspecified atom stereocenters. The van der Waals surface area contributed by atoms with Crippen LogP contribution >= 0.6 is 0 Å². The van der Waals surface area contributed by atoms with E-state index >= 15 is 0 Å². The minimum Gasteiger partial charge on any atom is -0.395 e. The summed E-state index contributed by atoms with van der Waals surface area (Å²) in [5, 5.41) is 9.45. The van der Waals surface area contributed by atoms with Crippen molar-refractivity contribution in [2.45, 2.75) is 71.4 Å². The minimum absolute atomic E-state index is 0.00724. The lowest BCUT2D eigenvalue weighted by molar-refractivity contribution is 0.144. The standard InChI is InChI=1S/C14H30N2O3S/c1-4-6-10-15(13(3)5-2)20(18,19)16-11-8-7-9-14(16)12-17/h13-14,17H,4-12H2,1-3H3. The van der Waals surface area contributed by atoms with E-state index in [2.05, 4.69) is 6.92 Å². The molecule has 0 aromatic carbocycles. The molecule has 2 atom stereocenters. The number of nitrogens with zero attached hydrogens (tertiary/aromatic N) is 2. The van der Waals surface area contributed by atoms with Crippen LogP contribution in [0, 0.1) is 0 Å². The molecule has 1 N–H and O–H groups in total. The van der Waals surface area contributed by atoms with Gasteiger partial charge in [0.05, 0.1) is 6.61 Å². The number of hydrogen-bond donors (Lipinski definition) is 1. The summed E-state index contributed by atoms with van der Waals surface area (Å²) in [6, 6.07) is -0.241. The average Bonchev–Trinajstić information content (AvgIpc) is 2.46. The molecule has 120 valence electrons. The molecule has 5 nitrogen and oxygen atoms in total. The van der Waals surface area contributed by atoms with Gasteiger partial charge in [-0.2, -0.15) is 17.0 Å². The highest BCUT2D eigenvalue weighted by Gasteiger charge is 2.37. The van der Waals surface area contributed by atoms with Gasteiger partial charge in [-0.25, -0.2) is 0 Å². The van der Waals surface area contributed by atoms with Gasteiger partial charge in [-0.3, -0.25) is 0 Å². The Morgan fingerprint density at radius 3 is 2.60 bits per heavy atom. The largest absolute Gasteiger partial charge is 0.395 e. The summed E-state index contributed by atoms with van der Waals surface area (Å²) in [6.07, 6.45) is 5.30. The maximum Gasteiger partial charge on any atom is 0.282 e. The van der Waals surface area contributed by atoms with Gasteiger partial charge in [-0.1, -0.05) is 26.7 Å². The van der Waals surface area contributed by atoms with Crippen molar-refractivity contribution in [3.8, 4) is 0 Å². The topological polar surface area (TPSA) is 60.9 Å². The molecular formula is C14H30N2O3S. The first-order valence-corrected chi connectivity index (χ1v) is 9.28. The summed E-state index contributed by atoms with van der Waals surface area (Å²) < 4.78 is 29.0. The van der Waals surface area contributed by atoms with E-state index in [1.807, 2.05) is 13.8 Å². The third kappa shape index (κ3) is 4.16. The van der Waals surface area contributed by atoms with Crippen molar-refractivity contribution in [1.82, 2.24) is 8.61 Å². The molecule has 1 aliphatic rings. The Balaban J connectivity index is 2.95. The predicted octanol–water partition coefficient (Wildman–Crippen LogP) is 1.98. The zero-order valence-electron chi connectivity index (χ0n) is 13.1. The molecule has 1 rings (SSSR count). The number of piperidine rings is 1. The third-order valence-corrected chi connectivity index (χ3v) is 6.40. The second-order valence-electron chi connectivity index (χ2n) is 5.67. The van der Waals surface area contributed by atoms with E-state index in [4.69, 9.17) is 0 Å². The minimum atomic E-state index is -3.46. The van der Waals surface area contributed by atoms with Crippen LogP contribution < -0.4 is 0 Å². The van der Waals surface area contributed by atoms with Crippen LogP contribution in [0.15, 0.2) is 0 Å². The molecule has 1 fully saturated rings. The van der Waals surface area contributed by atoms with Crippen LogP contribution in [0.1, 0.15) is 59.3 Å². The van der Waals surface area contributed by atoms with E-state index in [1.54, 1.807) is 4.31 Å². The Bertz CT molecular complexity index is 373. The van der Waals surface area contributed by atoms with Crippen LogP contribution in [0.3, 0.4) is 0 Å². The molecule has 0 bridgehead atoms. The highest BCUT2D eigenvalue weighted by molar-refractivity contribution is 7.86. The molecule has 6 heteroatoms. The second kappa shape index (κ2) is 8.32. The van der Waals surface area contributed by atoms with Crippen LogP contribution in [0.4, 0.5) is 0 Å². The summed E-state index contributed by atoms with van der Waals surface area (Å²) >= 11 is 0. The first-order valence-electron chi connectivity index (χ1n) is 7.88. The van der Waals surface area contributed by atoms with Crippen molar-refractivity contribution < 1.29 is 13.5 Å². The lowest BCUT2D eigenvalue weighted by atomic mass is 10.1. The van der Waals surface area contributed by atoms with E-state index in [-0.39, 0.29) is 18.7 Å². The van der Waals surface area contributed by atoms with Gasteiger partial charge < -0.3 is 5.11 Å². The number of aliphatic hydroxyl groups excluding tert-OH is 1. The van der Waals surface area contributed by atoms with Crippen molar-refractivity contribution in [3.05, 3.63) is 0 Å². The Morgan fingerprint density at radius 2 is 2.05 bits per heavy atom. The van der Waals surface area contributed by atoms with Crippen LogP contribution in [0.5, 0.6) is 0 Å². The lowest BCUT2D eigenvalue weighted by Crippen LogP contribution is -2.54. The van der Waals surface area contributed by atoms with Crippen molar-refractivity contribution in [2.75, 3.05) is 19.7 Å². The molecule has 0 radical (unpaired) electrons. The van der Waals surface area contributed by atoms with Gasteiger partial charge in [0.15, 0.2) is 0 Å². The van der Waals surface area contributed by atoms with Gasteiger partial charge in [0.25, 0.3) is 10.2 Å². The normalized spacial score (nSPS) is 23.1. The molecule has 1 aliphatic heterocycles. The van der Waals surface area contributed by atoms with Gasteiger partial charge in [-0.05, 0) is 32.6 Å². The highest BCUT2D eigenvalue weighted by Crippen LogP contribution is 2.24. The van der Waals surface area contributed by atoms with Crippen molar-refractivity contribution >= 4 is 10.2 Å². The zero-order chi connectivity index (χ0) is 15.2. The third-order valence-electron chi connectivity index (χ3n) is 4.19. The Kier molecular flexibility index (Phi) is 7.43. The fourth-order valence-corrected chi connectivity index (χ4v) is 4.82. The fraction of sp³-hybridized carbons (Fsp3) is 1.00. The fourth-order valence-electron chi connectivity index (χ4n) is 2.68. The van der Waals surface area contributed by atoms with Crippen LogP contribution in [0.25, 0.3) is 0 Å². The second-order valence-corrected chi connectivity index (χ2v) is 7.51. The lowest BCUT2D eigenvalue weighted by Gasteiger charge is -2.39. The number of unbranched alkanes of at least 4 members (excludes halogenated alkanes) is 1. The van der Waals surface area contributed by atoms with Crippen LogP contribution in [-0.2, 0) is 10.2 Å². The quantitative estimate of drug-likeness (QED) is 0.746. The van der Waals surface area contributed by atoms with E-state index < -0.39 is 10.2 Å². The molecule has 0 spiro atoms. The monoisotopic (exact) mass is 306 g/mol. The molecule has 0 aliphatic carbocycles. The first-order chi connectivity index (χ1) is 9.48. The van der Waals surface area contributed by atoms with Crippen molar-refractivity contribution in [1.29, 1.82) is 0 Å². The van der Waals surface area contributed by atoms with E-state index in [0.29, 0.717) is 13.1 Å². The summed E-state index contributed by atoms with van der Waals surface area (Å²) in [6.45, 7) is 7.07. The van der Waals surface area contributed by atoms with Gasteiger partial charge in [-0.15, -0.1) is 0 Å². The van der Waals surface area contributed by atoms with E-state index in [0.717, 1.165) is 38.5 Å². The van der Waals surface area contributed by atoms with E-state index in [9.17, 15) is 13.5 Å². The van der Waals surface area contributed by atoms with Gasteiger partial charge in [0.2, 0.25) is 0 Å².